The van der Waals surface area contributed by atoms with E-state index in [0.717, 1.165) is 5.56 Å². The third kappa shape index (κ3) is 1.28. The minimum Gasteiger partial charge on any atom is -0.286 e. The van der Waals surface area contributed by atoms with Gasteiger partial charge in [-0.15, -0.1) is 0 Å². The highest BCUT2D eigenvalue weighted by atomic mass is 16.2. The first kappa shape index (κ1) is 11.4. The summed E-state index contributed by atoms with van der Waals surface area (Å²) in [6, 6.07) is 7.58. The van der Waals surface area contributed by atoms with Gasteiger partial charge in [0.1, 0.15) is 0 Å². The second kappa shape index (κ2) is 3.63. The molecule has 1 aromatic carbocycles. The van der Waals surface area contributed by atoms with Gasteiger partial charge in [0.25, 0.3) is 5.91 Å². The summed E-state index contributed by atoms with van der Waals surface area (Å²) in [5, 5.41) is 6.48. The number of carbonyl (C=O) groups is 2. The molecule has 1 spiro atoms. The Balaban J connectivity index is 2.19. The number of hydrogen-bond donors (Lipinski definition) is 2. The number of benzene rings is 1. The number of rotatable bonds is 0. The molecule has 5 heteroatoms. The highest BCUT2D eigenvalue weighted by Gasteiger charge is 2.55. The van der Waals surface area contributed by atoms with Gasteiger partial charge in [0, 0.05) is 25.1 Å². The van der Waals surface area contributed by atoms with E-state index in [2.05, 4.69) is 10.6 Å². The molecule has 0 aliphatic carbocycles. The largest absolute Gasteiger partial charge is 0.286 e. The van der Waals surface area contributed by atoms with Gasteiger partial charge in [-0.25, -0.2) is 4.90 Å². The van der Waals surface area contributed by atoms with Crippen molar-refractivity contribution in [3.63, 3.8) is 0 Å². The monoisotopic (exact) mass is 245 g/mol. The number of nitrogens with one attached hydrogen (secondary N) is 2. The second-order valence-corrected chi connectivity index (χ2v) is 4.85. The fraction of sp³-hybridized carbons (Fsp3) is 0.385. The fourth-order valence-electron chi connectivity index (χ4n) is 2.78. The SMILES string of the molecule is CC(=O)N1C(=O)[C@]2(NC[C@H](C)N2)c2ccccc21. The lowest BCUT2D eigenvalue weighted by Gasteiger charge is -2.23. The van der Waals surface area contributed by atoms with Crippen LogP contribution in [0.4, 0.5) is 5.69 Å². The van der Waals surface area contributed by atoms with E-state index in [1.54, 1.807) is 6.07 Å². The Bertz CT molecular complexity index is 543. The molecular weight excluding hydrogens is 230 g/mol. The zero-order valence-corrected chi connectivity index (χ0v) is 10.4. The van der Waals surface area contributed by atoms with Gasteiger partial charge in [-0.1, -0.05) is 18.2 Å². The molecule has 0 saturated carbocycles. The van der Waals surface area contributed by atoms with Gasteiger partial charge in [0.05, 0.1) is 5.69 Å². The minimum absolute atomic E-state index is 0.189. The van der Waals surface area contributed by atoms with Crippen molar-refractivity contribution in [3.05, 3.63) is 29.8 Å². The fourth-order valence-corrected chi connectivity index (χ4v) is 2.78. The molecule has 0 aromatic heterocycles. The molecule has 2 N–H and O–H groups in total. The molecule has 18 heavy (non-hydrogen) atoms. The standard InChI is InChI=1S/C13H15N3O2/c1-8-7-14-13(15-8)10-5-3-4-6-11(10)16(9(2)17)12(13)18/h3-6,8,14-15H,7H2,1-2H3/t8-,13-/m0/s1. The molecule has 5 nitrogen and oxygen atoms in total. The van der Waals surface area contributed by atoms with Gasteiger partial charge in [0.15, 0.2) is 5.66 Å². The Morgan fingerprint density at radius 2 is 2.17 bits per heavy atom. The van der Waals surface area contributed by atoms with Crippen LogP contribution in [0.25, 0.3) is 0 Å². The first-order chi connectivity index (χ1) is 8.56. The highest BCUT2D eigenvalue weighted by Crippen LogP contribution is 2.40. The molecule has 94 valence electrons. The Kier molecular flexibility index (Phi) is 2.30. The van der Waals surface area contributed by atoms with Gasteiger partial charge >= 0.3 is 0 Å². The smallest absolute Gasteiger partial charge is 0.273 e. The summed E-state index contributed by atoms with van der Waals surface area (Å²) in [6.45, 7) is 4.12. The van der Waals surface area contributed by atoms with Crippen LogP contribution in [0, 0.1) is 0 Å². The summed E-state index contributed by atoms with van der Waals surface area (Å²) < 4.78 is 0. The Hall–Kier alpha value is -1.72. The van der Waals surface area contributed by atoms with Crippen molar-refractivity contribution in [3.8, 4) is 0 Å². The maximum atomic E-state index is 12.6. The predicted octanol–water partition coefficient (Wildman–Crippen LogP) is 0.314. The summed E-state index contributed by atoms with van der Waals surface area (Å²) in [6.07, 6.45) is 0. The van der Waals surface area contributed by atoms with E-state index in [1.165, 1.54) is 11.8 Å². The van der Waals surface area contributed by atoms with Gasteiger partial charge < -0.3 is 0 Å². The topological polar surface area (TPSA) is 61.4 Å². The van der Waals surface area contributed by atoms with E-state index in [-0.39, 0.29) is 17.9 Å². The molecule has 2 atom stereocenters. The molecule has 0 unspecified atom stereocenters. The third-order valence-electron chi connectivity index (χ3n) is 3.52. The molecule has 1 aromatic rings. The Morgan fingerprint density at radius 1 is 1.44 bits per heavy atom. The minimum atomic E-state index is -0.929. The molecule has 3 rings (SSSR count). The van der Waals surface area contributed by atoms with Crippen LogP contribution in [0.1, 0.15) is 19.4 Å². The Labute approximate surface area is 105 Å². The van der Waals surface area contributed by atoms with Gasteiger partial charge in [-0.05, 0) is 13.0 Å². The van der Waals surface area contributed by atoms with Crippen molar-refractivity contribution in [1.82, 2.24) is 10.6 Å². The number of amides is 2. The molecule has 1 fully saturated rings. The van der Waals surface area contributed by atoms with Crippen LogP contribution in [0.2, 0.25) is 0 Å². The lowest BCUT2D eigenvalue weighted by molar-refractivity contribution is -0.129. The maximum absolute atomic E-state index is 12.6. The summed E-state index contributed by atoms with van der Waals surface area (Å²) in [4.78, 5) is 25.5. The van der Waals surface area contributed by atoms with Crippen molar-refractivity contribution >= 4 is 17.5 Å². The third-order valence-corrected chi connectivity index (χ3v) is 3.52. The molecule has 1 saturated heterocycles. The van der Waals surface area contributed by atoms with Crippen LogP contribution < -0.4 is 15.5 Å². The van der Waals surface area contributed by atoms with Crippen LogP contribution in [-0.4, -0.2) is 24.4 Å². The first-order valence-electron chi connectivity index (χ1n) is 6.03. The maximum Gasteiger partial charge on any atom is 0.273 e. The number of imide groups is 1. The lowest BCUT2D eigenvalue weighted by atomic mass is 10.0. The molecule has 2 amide bonds. The van der Waals surface area contributed by atoms with Crippen LogP contribution in [-0.2, 0) is 15.3 Å². The van der Waals surface area contributed by atoms with Crippen molar-refractivity contribution in [1.29, 1.82) is 0 Å². The van der Waals surface area contributed by atoms with E-state index in [0.29, 0.717) is 12.2 Å². The van der Waals surface area contributed by atoms with Crippen molar-refractivity contribution in [2.45, 2.75) is 25.6 Å². The van der Waals surface area contributed by atoms with Crippen LogP contribution >= 0.6 is 0 Å². The average molecular weight is 245 g/mol. The molecule has 0 radical (unpaired) electrons. The van der Waals surface area contributed by atoms with Gasteiger partial charge in [-0.3, -0.25) is 20.2 Å². The summed E-state index contributed by atoms with van der Waals surface area (Å²) in [7, 11) is 0. The summed E-state index contributed by atoms with van der Waals surface area (Å²) in [5.41, 5.74) is 0.570. The quantitative estimate of drug-likeness (QED) is 0.691. The van der Waals surface area contributed by atoms with Crippen molar-refractivity contribution in [2.75, 3.05) is 11.4 Å². The second-order valence-electron chi connectivity index (χ2n) is 4.85. The van der Waals surface area contributed by atoms with E-state index >= 15 is 0 Å². The average Bonchev–Trinajstić information content (AvgIpc) is 2.82. The predicted molar refractivity (Wildman–Crippen MR) is 66.9 cm³/mol. The van der Waals surface area contributed by atoms with E-state index in [1.807, 2.05) is 25.1 Å². The van der Waals surface area contributed by atoms with Crippen LogP contribution in [0.5, 0.6) is 0 Å². The lowest BCUT2D eigenvalue weighted by Crippen LogP contribution is -2.55. The van der Waals surface area contributed by atoms with Gasteiger partial charge in [-0.2, -0.15) is 0 Å². The van der Waals surface area contributed by atoms with Crippen LogP contribution in [0.15, 0.2) is 24.3 Å². The van der Waals surface area contributed by atoms with Crippen molar-refractivity contribution in [2.24, 2.45) is 0 Å². The zero-order chi connectivity index (χ0) is 12.9. The summed E-state index contributed by atoms with van der Waals surface area (Å²) in [5.74, 6) is -0.493. The van der Waals surface area contributed by atoms with Gasteiger partial charge in [0.2, 0.25) is 5.91 Å². The van der Waals surface area contributed by atoms with E-state index in [9.17, 15) is 9.59 Å². The number of anilines is 1. The first-order valence-corrected chi connectivity index (χ1v) is 6.03. The number of carbonyl (C=O) groups excluding carboxylic acids is 2. The molecule has 2 heterocycles. The molecular formula is C13H15N3O2. The molecule has 2 aliphatic heterocycles. The van der Waals surface area contributed by atoms with E-state index in [4.69, 9.17) is 0 Å². The number of fused-ring (bicyclic) bond motifs is 2. The summed E-state index contributed by atoms with van der Waals surface area (Å²) >= 11 is 0. The number of nitrogens with zero attached hydrogens (tertiary/aromatic N) is 1. The van der Waals surface area contributed by atoms with Crippen molar-refractivity contribution < 1.29 is 9.59 Å². The van der Waals surface area contributed by atoms with E-state index < -0.39 is 5.66 Å². The number of hydrogen-bond acceptors (Lipinski definition) is 4. The molecule has 0 bridgehead atoms. The highest BCUT2D eigenvalue weighted by molar-refractivity contribution is 6.22. The molecule has 2 aliphatic rings. The zero-order valence-electron chi connectivity index (χ0n) is 10.4. The number of para-hydroxylation sites is 1. The Morgan fingerprint density at radius 3 is 2.78 bits per heavy atom. The van der Waals surface area contributed by atoms with Crippen LogP contribution in [0.3, 0.4) is 0 Å². The normalized spacial score (nSPS) is 30.0.